The maximum Gasteiger partial charge on any atom is 0.282 e. The molecule has 2 aliphatic carbocycles. The van der Waals surface area contributed by atoms with Crippen LogP contribution in [-0.4, -0.2) is 50.2 Å². The molecule has 112 valence electrons. The van der Waals surface area contributed by atoms with Gasteiger partial charge in [0, 0.05) is 0 Å². The Morgan fingerprint density at radius 2 is 1.60 bits per heavy atom. The largest absolute Gasteiger partial charge is 0.387 e. The molecule has 7 heteroatoms. The summed E-state index contributed by atoms with van der Waals surface area (Å²) in [5, 5.41) is 42.4. The second-order valence-electron chi connectivity index (χ2n) is 5.43. The van der Waals surface area contributed by atoms with Crippen molar-refractivity contribution in [3.63, 3.8) is 0 Å². The minimum atomic E-state index is -2.69. The summed E-state index contributed by atoms with van der Waals surface area (Å²) in [5.41, 5.74) is -2.39. The van der Waals surface area contributed by atoms with E-state index in [9.17, 15) is 30.1 Å². The van der Waals surface area contributed by atoms with Crippen molar-refractivity contribution in [1.82, 2.24) is 0 Å². The van der Waals surface area contributed by atoms with Gasteiger partial charge in [0.25, 0.3) is 5.72 Å². The fourth-order valence-electron chi connectivity index (χ4n) is 3.00. The van der Waals surface area contributed by atoms with Crippen molar-refractivity contribution >= 4 is 5.78 Å². The summed E-state index contributed by atoms with van der Waals surface area (Å²) < 4.78 is 0. The van der Waals surface area contributed by atoms with Crippen LogP contribution < -0.4 is 0 Å². The van der Waals surface area contributed by atoms with Gasteiger partial charge >= 0.3 is 0 Å². The van der Waals surface area contributed by atoms with E-state index in [2.05, 4.69) is 5.18 Å². The third kappa shape index (κ3) is 2.31. The zero-order valence-corrected chi connectivity index (χ0v) is 11.0. The highest BCUT2D eigenvalue weighted by atomic mass is 16.4. The fraction of sp³-hybridized carbons (Fsp3) is 0.769. The highest BCUT2D eigenvalue weighted by Crippen LogP contribution is 2.38. The molecular weight excluding hydrogens is 266 g/mol. The first-order chi connectivity index (χ1) is 9.43. The average molecular weight is 285 g/mol. The zero-order chi connectivity index (χ0) is 14.9. The van der Waals surface area contributed by atoms with Crippen LogP contribution >= 0.6 is 0 Å². The monoisotopic (exact) mass is 285 g/mol. The minimum Gasteiger partial charge on any atom is -0.387 e. The average Bonchev–Trinajstić information content (AvgIpc) is 2.46. The summed E-state index contributed by atoms with van der Waals surface area (Å²) >= 11 is 0. The number of nitrogens with zero attached hydrogens (tertiary/aromatic N) is 1. The van der Waals surface area contributed by atoms with Crippen molar-refractivity contribution in [3.8, 4) is 0 Å². The number of ketones is 1. The maximum absolute atomic E-state index is 12.0. The Balaban J connectivity index is 2.58. The molecule has 4 N–H and O–H groups in total. The van der Waals surface area contributed by atoms with Gasteiger partial charge in [-0.05, 0) is 42.0 Å². The SMILES string of the molecule is O=N[C@]1(O)C(=O)[C@@H](O)[C@H](O)C(O)C2=C1CCCCCC2. The molecule has 2 aliphatic rings. The van der Waals surface area contributed by atoms with E-state index >= 15 is 0 Å². The number of hydrogen-bond acceptors (Lipinski definition) is 7. The Morgan fingerprint density at radius 3 is 2.20 bits per heavy atom. The fourth-order valence-corrected chi connectivity index (χ4v) is 3.00. The smallest absolute Gasteiger partial charge is 0.282 e. The van der Waals surface area contributed by atoms with Crippen LogP contribution in [0.25, 0.3) is 0 Å². The molecule has 0 fully saturated rings. The number of hydrogen-bond donors (Lipinski definition) is 4. The summed E-state index contributed by atoms with van der Waals surface area (Å²) in [6, 6.07) is 0. The lowest BCUT2D eigenvalue weighted by atomic mass is 9.85. The molecule has 0 radical (unpaired) electrons. The van der Waals surface area contributed by atoms with Crippen molar-refractivity contribution < 1.29 is 25.2 Å². The van der Waals surface area contributed by atoms with Gasteiger partial charge in [-0.3, -0.25) is 4.79 Å². The van der Waals surface area contributed by atoms with Crippen LogP contribution in [0.5, 0.6) is 0 Å². The highest BCUT2D eigenvalue weighted by Gasteiger charge is 2.52. The normalized spacial score (nSPS) is 39.6. The molecule has 0 amide bonds. The number of aliphatic hydroxyl groups excluding tert-OH is 3. The molecule has 0 spiro atoms. The Labute approximate surface area is 115 Å². The van der Waals surface area contributed by atoms with E-state index in [-0.39, 0.29) is 17.6 Å². The number of Topliss-reactive ketones (excluding diaryl/α,β-unsaturated/α-hetero) is 1. The van der Waals surface area contributed by atoms with E-state index in [1.54, 1.807) is 0 Å². The van der Waals surface area contributed by atoms with Crippen LogP contribution in [0.4, 0.5) is 0 Å². The van der Waals surface area contributed by atoms with Gasteiger partial charge in [-0.2, -0.15) is 0 Å². The first kappa shape index (κ1) is 15.2. The van der Waals surface area contributed by atoms with Gasteiger partial charge in [0.1, 0.15) is 18.3 Å². The van der Waals surface area contributed by atoms with Crippen molar-refractivity contribution in [3.05, 3.63) is 16.1 Å². The predicted octanol–water partition coefficient (Wildman–Crippen LogP) is -0.242. The molecule has 7 nitrogen and oxygen atoms in total. The summed E-state index contributed by atoms with van der Waals surface area (Å²) in [6.45, 7) is 0. The second-order valence-corrected chi connectivity index (χ2v) is 5.43. The molecule has 0 saturated carbocycles. The molecule has 0 aromatic rings. The first-order valence-corrected chi connectivity index (χ1v) is 6.81. The molecule has 4 atom stereocenters. The predicted molar refractivity (Wildman–Crippen MR) is 68.5 cm³/mol. The van der Waals surface area contributed by atoms with Gasteiger partial charge in [-0.1, -0.05) is 12.8 Å². The topological polar surface area (TPSA) is 127 Å². The molecule has 20 heavy (non-hydrogen) atoms. The summed E-state index contributed by atoms with van der Waals surface area (Å²) in [6.07, 6.45) is -1.54. The number of aliphatic hydroxyl groups is 4. The third-order valence-corrected chi connectivity index (χ3v) is 4.18. The molecule has 0 aromatic carbocycles. The Kier molecular flexibility index (Phi) is 4.33. The lowest BCUT2D eigenvalue weighted by Gasteiger charge is -2.26. The quantitative estimate of drug-likeness (QED) is 0.389. The Morgan fingerprint density at radius 1 is 1.00 bits per heavy atom. The van der Waals surface area contributed by atoms with E-state index in [1.807, 2.05) is 0 Å². The molecule has 2 rings (SSSR count). The Bertz CT molecular complexity index is 448. The summed E-state index contributed by atoms with van der Waals surface area (Å²) in [5.74, 6) is -1.27. The van der Waals surface area contributed by atoms with Gasteiger partial charge < -0.3 is 20.4 Å². The number of rotatable bonds is 1. The van der Waals surface area contributed by atoms with Gasteiger partial charge in [0.15, 0.2) is 0 Å². The van der Waals surface area contributed by atoms with Gasteiger partial charge in [-0.15, -0.1) is 4.91 Å². The molecule has 0 bridgehead atoms. The molecule has 1 unspecified atom stereocenters. The van der Waals surface area contributed by atoms with Crippen molar-refractivity contribution in [2.24, 2.45) is 5.18 Å². The van der Waals surface area contributed by atoms with Gasteiger partial charge in [0.05, 0.1) is 0 Å². The van der Waals surface area contributed by atoms with Crippen LogP contribution in [0.3, 0.4) is 0 Å². The van der Waals surface area contributed by atoms with E-state index < -0.39 is 29.8 Å². The molecular formula is C13H19NO6. The van der Waals surface area contributed by atoms with Crippen LogP contribution in [0, 0.1) is 4.91 Å². The summed E-state index contributed by atoms with van der Waals surface area (Å²) in [7, 11) is 0. The van der Waals surface area contributed by atoms with E-state index in [0.717, 1.165) is 12.8 Å². The molecule has 0 aliphatic heterocycles. The first-order valence-electron chi connectivity index (χ1n) is 6.81. The van der Waals surface area contributed by atoms with Crippen LogP contribution in [-0.2, 0) is 4.79 Å². The van der Waals surface area contributed by atoms with Crippen LogP contribution in [0.2, 0.25) is 0 Å². The zero-order valence-electron chi connectivity index (χ0n) is 11.0. The minimum absolute atomic E-state index is 0.0419. The van der Waals surface area contributed by atoms with Gasteiger partial charge in [-0.25, -0.2) is 0 Å². The van der Waals surface area contributed by atoms with E-state index in [4.69, 9.17) is 0 Å². The molecule has 0 aromatic heterocycles. The standard InChI is InChI=1S/C13H19NO6/c15-9-7-5-3-1-2-4-6-8(7)13(19,14-20)12(18)11(17)10(9)16/h9-11,15-17,19H,1-6H2/t9?,10-,11+,13-/m1/s1. The van der Waals surface area contributed by atoms with E-state index in [1.165, 1.54) is 0 Å². The Hall–Kier alpha value is -1.15. The maximum atomic E-state index is 12.0. The molecule has 0 saturated heterocycles. The van der Waals surface area contributed by atoms with Crippen LogP contribution in [0.15, 0.2) is 16.3 Å². The number of carbonyl (C=O) groups is 1. The van der Waals surface area contributed by atoms with Crippen molar-refractivity contribution in [2.75, 3.05) is 0 Å². The lowest BCUT2D eigenvalue weighted by molar-refractivity contribution is -0.150. The van der Waals surface area contributed by atoms with Gasteiger partial charge in [0.2, 0.25) is 5.78 Å². The third-order valence-electron chi connectivity index (χ3n) is 4.18. The van der Waals surface area contributed by atoms with Crippen molar-refractivity contribution in [2.45, 2.75) is 62.6 Å². The highest BCUT2D eigenvalue weighted by molar-refractivity contribution is 5.95. The van der Waals surface area contributed by atoms with E-state index in [0.29, 0.717) is 19.3 Å². The molecule has 0 heterocycles. The number of carbonyl (C=O) groups excluding carboxylic acids is 1. The lowest BCUT2D eigenvalue weighted by Crippen LogP contribution is -2.49. The summed E-state index contributed by atoms with van der Waals surface area (Å²) in [4.78, 5) is 23.0. The number of nitroso groups, excluding NO2 is 1. The second kappa shape index (κ2) is 5.69. The van der Waals surface area contributed by atoms with Crippen LogP contribution in [0.1, 0.15) is 38.5 Å². The van der Waals surface area contributed by atoms with Crippen molar-refractivity contribution in [1.29, 1.82) is 0 Å².